The van der Waals surface area contributed by atoms with Gasteiger partial charge in [-0.05, 0) is 29.2 Å². The van der Waals surface area contributed by atoms with Gasteiger partial charge in [0.05, 0.1) is 5.69 Å². The summed E-state index contributed by atoms with van der Waals surface area (Å²) in [6.45, 7) is 4.22. The first-order valence-corrected chi connectivity index (χ1v) is 10.2. The number of aromatic amines is 1. The molecule has 5 nitrogen and oxygen atoms in total. The molecular formula is C26H23N3O2. The van der Waals surface area contributed by atoms with Crippen molar-refractivity contribution in [3.05, 3.63) is 106 Å². The minimum absolute atomic E-state index is 0.0352. The lowest BCUT2D eigenvalue weighted by Crippen LogP contribution is -2.26. The molecule has 4 aromatic rings. The van der Waals surface area contributed by atoms with Crippen LogP contribution in [-0.4, -0.2) is 16.1 Å². The van der Waals surface area contributed by atoms with Crippen molar-refractivity contribution in [2.24, 2.45) is 0 Å². The van der Waals surface area contributed by atoms with Crippen molar-refractivity contribution in [3.63, 3.8) is 0 Å². The van der Waals surface area contributed by atoms with Crippen molar-refractivity contribution >= 4 is 11.6 Å². The average Bonchev–Trinajstić information content (AvgIpc) is 2.80. The van der Waals surface area contributed by atoms with Gasteiger partial charge in [0, 0.05) is 16.8 Å². The van der Waals surface area contributed by atoms with Gasteiger partial charge in [0.1, 0.15) is 5.56 Å². The third-order valence-corrected chi connectivity index (χ3v) is 5.16. The van der Waals surface area contributed by atoms with E-state index in [4.69, 9.17) is 0 Å². The highest BCUT2D eigenvalue weighted by Crippen LogP contribution is 2.32. The zero-order valence-electron chi connectivity index (χ0n) is 17.4. The third kappa shape index (κ3) is 4.31. The topological polar surface area (TPSA) is 74.8 Å². The van der Waals surface area contributed by atoms with E-state index < -0.39 is 11.5 Å². The normalized spacial score (nSPS) is 10.8. The van der Waals surface area contributed by atoms with Gasteiger partial charge in [-0.2, -0.15) is 5.10 Å². The van der Waals surface area contributed by atoms with Crippen molar-refractivity contribution in [2.75, 3.05) is 5.32 Å². The Labute approximate surface area is 180 Å². The van der Waals surface area contributed by atoms with Crippen LogP contribution in [0.25, 0.3) is 22.4 Å². The van der Waals surface area contributed by atoms with Crippen LogP contribution in [0, 0.1) is 0 Å². The van der Waals surface area contributed by atoms with Crippen LogP contribution in [-0.2, 0) is 0 Å². The highest BCUT2D eigenvalue weighted by molar-refractivity contribution is 6.10. The highest BCUT2D eigenvalue weighted by atomic mass is 16.2. The molecule has 0 saturated heterocycles. The molecule has 0 saturated carbocycles. The number of hydrogen-bond acceptors (Lipinski definition) is 3. The van der Waals surface area contributed by atoms with E-state index >= 15 is 0 Å². The summed E-state index contributed by atoms with van der Waals surface area (Å²) in [4.78, 5) is 26.1. The van der Waals surface area contributed by atoms with Gasteiger partial charge in [-0.1, -0.05) is 86.6 Å². The Morgan fingerprint density at radius 3 is 2.00 bits per heavy atom. The number of hydrogen-bond donors (Lipinski definition) is 2. The van der Waals surface area contributed by atoms with Gasteiger partial charge < -0.3 is 5.32 Å². The zero-order valence-corrected chi connectivity index (χ0v) is 17.4. The van der Waals surface area contributed by atoms with Crippen LogP contribution in [0.1, 0.15) is 35.7 Å². The van der Waals surface area contributed by atoms with Gasteiger partial charge in [-0.3, -0.25) is 9.59 Å². The number of anilines is 1. The van der Waals surface area contributed by atoms with E-state index in [1.54, 1.807) is 0 Å². The molecule has 0 fully saturated rings. The molecule has 0 spiro atoms. The minimum atomic E-state index is -0.533. The van der Waals surface area contributed by atoms with Crippen LogP contribution >= 0.6 is 0 Å². The summed E-state index contributed by atoms with van der Waals surface area (Å²) in [5, 5.41) is 9.66. The highest BCUT2D eigenvalue weighted by Gasteiger charge is 2.23. The zero-order chi connectivity index (χ0) is 21.8. The van der Waals surface area contributed by atoms with Crippen LogP contribution in [0.15, 0.2) is 89.7 Å². The summed E-state index contributed by atoms with van der Waals surface area (Å²) in [6.07, 6.45) is 0. The fraction of sp³-hybridized carbons (Fsp3) is 0.115. The quantitative estimate of drug-likeness (QED) is 0.458. The van der Waals surface area contributed by atoms with Crippen LogP contribution in [0.3, 0.4) is 0 Å². The minimum Gasteiger partial charge on any atom is -0.322 e. The number of rotatable bonds is 5. The Kier molecular flexibility index (Phi) is 5.76. The Balaban J connectivity index is 1.83. The summed E-state index contributed by atoms with van der Waals surface area (Å²) >= 11 is 0. The first-order chi connectivity index (χ1) is 15.0. The first kappa shape index (κ1) is 20.3. The molecule has 0 unspecified atom stereocenters. The van der Waals surface area contributed by atoms with E-state index in [1.807, 2.05) is 84.9 Å². The van der Waals surface area contributed by atoms with Crippen LogP contribution in [0.2, 0.25) is 0 Å². The molecule has 3 aromatic carbocycles. The van der Waals surface area contributed by atoms with Crippen molar-refractivity contribution in [2.45, 2.75) is 19.8 Å². The Hall–Kier alpha value is -3.99. The number of nitrogens with zero attached hydrogens (tertiary/aromatic N) is 1. The lowest BCUT2D eigenvalue weighted by atomic mass is 9.95. The van der Waals surface area contributed by atoms with Gasteiger partial charge in [0.2, 0.25) is 0 Å². The number of nitrogens with one attached hydrogen (secondary N) is 2. The smallest absolute Gasteiger partial charge is 0.277 e. The first-order valence-electron chi connectivity index (χ1n) is 10.2. The van der Waals surface area contributed by atoms with Crippen molar-refractivity contribution in [1.82, 2.24) is 10.2 Å². The molecule has 2 N–H and O–H groups in total. The molecular weight excluding hydrogens is 386 g/mol. The molecule has 31 heavy (non-hydrogen) atoms. The molecule has 0 bridgehead atoms. The Bertz CT molecular complexity index is 1250. The fourth-order valence-electron chi connectivity index (χ4n) is 3.50. The summed E-state index contributed by atoms with van der Waals surface area (Å²) in [6, 6.07) is 26.5. The largest absolute Gasteiger partial charge is 0.322 e. The van der Waals surface area contributed by atoms with Crippen LogP contribution in [0.5, 0.6) is 0 Å². The molecule has 0 radical (unpaired) electrons. The Morgan fingerprint density at radius 2 is 1.42 bits per heavy atom. The summed E-state index contributed by atoms with van der Waals surface area (Å²) in [5.41, 5.74) is 3.93. The number of amides is 1. The van der Waals surface area contributed by atoms with E-state index in [1.165, 1.54) is 5.56 Å². The maximum atomic E-state index is 13.3. The van der Waals surface area contributed by atoms with Gasteiger partial charge in [-0.15, -0.1) is 0 Å². The lowest BCUT2D eigenvalue weighted by Gasteiger charge is -2.14. The summed E-state index contributed by atoms with van der Waals surface area (Å²) in [5.74, 6) is -0.0807. The molecule has 1 aromatic heterocycles. The number of carbonyl (C=O) groups excluding carboxylic acids is 1. The van der Waals surface area contributed by atoms with Crippen LogP contribution in [0.4, 0.5) is 5.69 Å². The monoisotopic (exact) mass is 409 g/mol. The van der Waals surface area contributed by atoms with Crippen molar-refractivity contribution < 1.29 is 4.79 Å². The summed E-state index contributed by atoms with van der Waals surface area (Å²) < 4.78 is 0. The van der Waals surface area contributed by atoms with Crippen molar-refractivity contribution in [3.8, 4) is 22.4 Å². The molecule has 4 rings (SSSR count). The predicted octanol–water partition coefficient (Wildman–Crippen LogP) is 5.48. The maximum absolute atomic E-state index is 13.3. The molecule has 154 valence electrons. The predicted molar refractivity (Wildman–Crippen MR) is 124 cm³/mol. The second kappa shape index (κ2) is 8.79. The van der Waals surface area contributed by atoms with Gasteiger partial charge >= 0.3 is 0 Å². The van der Waals surface area contributed by atoms with E-state index in [2.05, 4.69) is 29.4 Å². The van der Waals surface area contributed by atoms with E-state index in [-0.39, 0.29) is 5.56 Å². The number of H-pyrrole nitrogens is 1. The maximum Gasteiger partial charge on any atom is 0.277 e. The van der Waals surface area contributed by atoms with Crippen LogP contribution < -0.4 is 10.9 Å². The standard InChI is InChI=1S/C26H23N3O2/c1-17(2)18-13-15-21(16-14-18)27-25(30)23-22(19-9-5-3-6-10-19)24(28-29-26(23)31)20-11-7-4-8-12-20/h3-17H,1-2H3,(H,27,30)(H,29,31). The van der Waals surface area contributed by atoms with Gasteiger partial charge in [-0.25, -0.2) is 5.10 Å². The fourth-order valence-corrected chi connectivity index (χ4v) is 3.50. The Morgan fingerprint density at radius 1 is 0.839 bits per heavy atom. The lowest BCUT2D eigenvalue weighted by molar-refractivity contribution is 0.102. The van der Waals surface area contributed by atoms with E-state index in [0.29, 0.717) is 22.9 Å². The van der Waals surface area contributed by atoms with E-state index in [9.17, 15) is 9.59 Å². The van der Waals surface area contributed by atoms with E-state index in [0.717, 1.165) is 11.1 Å². The molecule has 0 aliphatic heterocycles. The summed E-state index contributed by atoms with van der Waals surface area (Å²) in [7, 11) is 0. The molecule has 1 amide bonds. The number of aromatic nitrogens is 2. The van der Waals surface area contributed by atoms with Crippen molar-refractivity contribution in [1.29, 1.82) is 0 Å². The van der Waals surface area contributed by atoms with Gasteiger partial charge in [0.25, 0.3) is 11.5 Å². The molecule has 0 aliphatic carbocycles. The second-order valence-corrected chi connectivity index (χ2v) is 7.61. The molecule has 0 aliphatic rings. The van der Waals surface area contributed by atoms with Gasteiger partial charge in [0.15, 0.2) is 0 Å². The second-order valence-electron chi connectivity index (χ2n) is 7.61. The molecule has 0 atom stereocenters. The number of benzene rings is 3. The SMILES string of the molecule is CC(C)c1ccc(NC(=O)c2c(-c3ccccc3)c(-c3ccccc3)n[nH]c2=O)cc1. The molecule has 5 heteroatoms. The average molecular weight is 409 g/mol. The number of carbonyl (C=O) groups is 1. The third-order valence-electron chi connectivity index (χ3n) is 5.16. The molecule has 1 heterocycles.